The lowest BCUT2D eigenvalue weighted by Gasteiger charge is -2.19. The van der Waals surface area contributed by atoms with Gasteiger partial charge in [0.05, 0.1) is 0 Å². The molecule has 0 aromatic heterocycles. The van der Waals surface area contributed by atoms with Crippen molar-refractivity contribution in [3.05, 3.63) is 46.8 Å². The van der Waals surface area contributed by atoms with Gasteiger partial charge >= 0.3 is 0 Å². The van der Waals surface area contributed by atoms with Gasteiger partial charge in [0.1, 0.15) is 5.82 Å². The molecule has 2 heteroatoms. The summed E-state index contributed by atoms with van der Waals surface area (Å²) in [4.78, 5) is 0. The Hall–Kier alpha value is -1.15. The summed E-state index contributed by atoms with van der Waals surface area (Å²) >= 11 is 0. The van der Waals surface area contributed by atoms with E-state index in [9.17, 15) is 4.39 Å². The maximum Gasteiger partial charge on any atom is 0.123 e. The predicted molar refractivity (Wildman–Crippen MR) is 69.2 cm³/mol. The van der Waals surface area contributed by atoms with Crippen LogP contribution in [0.25, 0.3) is 0 Å². The molecule has 0 bridgehead atoms. The SMILES string of the molecule is Cc1cc(F)ccc1C(N)CC1=CCCCC1. The summed E-state index contributed by atoms with van der Waals surface area (Å²) in [6.07, 6.45) is 8.17. The Morgan fingerprint density at radius 3 is 2.82 bits per heavy atom. The number of rotatable bonds is 3. The molecule has 0 fully saturated rings. The Morgan fingerprint density at radius 1 is 1.35 bits per heavy atom. The molecule has 1 aromatic rings. The van der Waals surface area contributed by atoms with Crippen LogP contribution in [-0.4, -0.2) is 0 Å². The molecular formula is C15H20FN. The number of benzene rings is 1. The van der Waals surface area contributed by atoms with Crippen LogP contribution < -0.4 is 5.73 Å². The quantitative estimate of drug-likeness (QED) is 0.784. The summed E-state index contributed by atoms with van der Waals surface area (Å²) in [6, 6.07) is 4.88. The summed E-state index contributed by atoms with van der Waals surface area (Å²) in [5.74, 6) is -0.185. The Bertz CT molecular complexity index is 423. The van der Waals surface area contributed by atoms with Gasteiger partial charge in [-0.05, 0) is 62.3 Å². The second-order valence-corrected chi connectivity index (χ2v) is 4.92. The highest BCUT2D eigenvalue weighted by molar-refractivity contribution is 5.30. The fraction of sp³-hybridized carbons (Fsp3) is 0.467. The number of aryl methyl sites for hydroxylation is 1. The molecule has 2 N–H and O–H groups in total. The molecule has 1 aliphatic rings. The Balaban J connectivity index is 2.08. The van der Waals surface area contributed by atoms with Crippen LogP contribution in [0.4, 0.5) is 4.39 Å². The molecule has 1 nitrogen and oxygen atoms in total. The fourth-order valence-corrected chi connectivity index (χ4v) is 2.54. The van der Waals surface area contributed by atoms with Crippen LogP contribution in [0.2, 0.25) is 0 Å². The molecule has 1 aliphatic carbocycles. The first-order valence-corrected chi connectivity index (χ1v) is 6.36. The van der Waals surface area contributed by atoms with E-state index in [1.54, 1.807) is 6.07 Å². The molecule has 92 valence electrons. The molecular weight excluding hydrogens is 213 g/mol. The van der Waals surface area contributed by atoms with Crippen molar-refractivity contribution >= 4 is 0 Å². The molecule has 1 atom stereocenters. The van der Waals surface area contributed by atoms with Crippen molar-refractivity contribution in [3.8, 4) is 0 Å². The van der Waals surface area contributed by atoms with Crippen molar-refractivity contribution in [3.63, 3.8) is 0 Å². The summed E-state index contributed by atoms with van der Waals surface area (Å²) < 4.78 is 13.0. The number of allylic oxidation sites excluding steroid dienone is 1. The minimum Gasteiger partial charge on any atom is -0.324 e. The lowest BCUT2D eigenvalue weighted by Crippen LogP contribution is -2.13. The van der Waals surface area contributed by atoms with Crippen LogP contribution >= 0.6 is 0 Å². The molecule has 0 heterocycles. The third-order valence-electron chi connectivity index (χ3n) is 3.50. The Morgan fingerprint density at radius 2 is 2.18 bits per heavy atom. The van der Waals surface area contributed by atoms with Crippen molar-refractivity contribution in [2.24, 2.45) is 5.73 Å². The maximum atomic E-state index is 13.0. The van der Waals surface area contributed by atoms with E-state index in [1.807, 2.05) is 13.0 Å². The van der Waals surface area contributed by atoms with Crippen molar-refractivity contribution < 1.29 is 4.39 Å². The average Bonchev–Trinajstić information content (AvgIpc) is 2.30. The van der Waals surface area contributed by atoms with Crippen molar-refractivity contribution in [2.75, 3.05) is 0 Å². The monoisotopic (exact) mass is 233 g/mol. The Kier molecular flexibility index (Phi) is 3.95. The van der Waals surface area contributed by atoms with Crippen molar-refractivity contribution in [2.45, 2.75) is 45.1 Å². The average molecular weight is 233 g/mol. The third kappa shape index (κ3) is 3.16. The number of hydrogen-bond acceptors (Lipinski definition) is 1. The smallest absolute Gasteiger partial charge is 0.123 e. The van der Waals surface area contributed by atoms with E-state index in [-0.39, 0.29) is 11.9 Å². The van der Waals surface area contributed by atoms with Crippen LogP contribution in [-0.2, 0) is 0 Å². The van der Waals surface area contributed by atoms with Gasteiger partial charge in [-0.25, -0.2) is 4.39 Å². The van der Waals surface area contributed by atoms with E-state index in [4.69, 9.17) is 5.73 Å². The van der Waals surface area contributed by atoms with Gasteiger partial charge < -0.3 is 5.73 Å². The minimum atomic E-state index is -0.185. The first kappa shape index (κ1) is 12.3. The summed E-state index contributed by atoms with van der Waals surface area (Å²) in [7, 11) is 0. The number of hydrogen-bond donors (Lipinski definition) is 1. The van der Waals surface area contributed by atoms with Gasteiger partial charge in [0.2, 0.25) is 0 Å². The van der Waals surface area contributed by atoms with Crippen LogP contribution in [0, 0.1) is 12.7 Å². The van der Waals surface area contributed by atoms with Gasteiger partial charge in [0.15, 0.2) is 0 Å². The molecule has 17 heavy (non-hydrogen) atoms. The fourth-order valence-electron chi connectivity index (χ4n) is 2.54. The van der Waals surface area contributed by atoms with E-state index < -0.39 is 0 Å². The standard InChI is InChI=1S/C15H20FN/c1-11-9-13(16)7-8-14(11)15(17)10-12-5-3-2-4-6-12/h5,7-9,15H,2-4,6,10,17H2,1H3. The molecule has 0 aliphatic heterocycles. The summed E-state index contributed by atoms with van der Waals surface area (Å²) in [5.41, 5.74) is 9.70. The number of nitrogens with two attached hydrogens (primary N) is 1. The van der Waals surface area contributed by atoms with E-state index in [1.165, 1.54) is 37.3 Å². The van der Waals surface area contributed by atoms with Gasteiger partial charge in [-0.1, -0.05) is 17.7 Å². The highest BCUT2D eigenvalue weighted by atomic mass is 19.1. The summed E-state index contributed by atoms with van der Waals surface area (Å²) in [5, 5.41) is 0. The highest BCUT2D eigenvalue weighted by Crippen LogP contribution is 2.27. The van der Waals surface area contributed by atoms with E-state index in [2.05, 4.69) is 6.08 Å². The molecule has 0 saturated carbocycles. The molecule has 0 radical (unpaired) electrons. The van der Waals surface area contributed by atoms with Crippen LogP contribution in [0.1, 0.15) is 49.3 Å². The zero-order chi connectivity index (χ0) is 12.3. The zero-order valence-electron chi connectivity index (χ0n) is 10.4. The molecule has 0 saturated heterocycles. The predicted octanol–water partition coefficient (Wildman–Crippen LogP) is 4.02. The van der Waals surface area contributed by atoms with Crippen LogP contribution in [0.15, 0.2) is 29.8 Å². The second kappa shape index (κ2) is 5.46. The molecule has 1 aromatic carbocycles. The van der Waals surface area contributed by atoms with Gasteiger partial charge in [-0.15, -0.1) is 0 Å². The van der Waals surface area contributed by atoms with Crippen molar-refractivity contribution in [1.82, 2.24) is 0 Å². The molecule has 2 rings (SSSR count). The van der Waals surface area contributed by atoms with Crippen molar-refractivity contribution in [1.29, 1.82) is 0 Å². The van der Waals surface area contributed by atoms with Crippen LogP contribution in [0.3, 0.4) is 0 Å². The lowest BCUT2D eigenvalue weighted by atomic mass is 9.90. The minimum absolute atomic E-state index is 0.0000463. The van der Waals surface area contributed by atoms with E-state index >= 15 is 0 Å². The van der Waals surface area contributed by atoms with Gasteiger partial charge in [0, 0.05) is 6.04 Å². The molecule has 0 amide bonds. The zero-order valence-corrected chi connectivity index (χ0v) is 10.4. The van der Waals surface area contributed by atoms with E-state index in [0.717, 1.165) is 17.5 Å². The highest BCUT2D eigenvalue weighted by Gasteiger charge is 2.13. The van der Waals surface area contributed by atoms with Gasteiger partial charge in [-0.2, -0.15) is 0 Å². The maximum absolute atomic E-state index is 13.0. The van der Waals surface area contributed by atoms with Crippen LogP contribution in [0.5, 0.6) is 0 Å². The lowest BCUT2D eigenvalue weighted by molar-refractivity contribution is 0.613. The number of halogens is 1. The first-order chi connectivity index (χ1) is 8.16. The normalized spacial score (nSPS) is 17.7. The van der Waals surface area contributed by atoms with Gasteiger partial charge in [-0.3, -0.25) is 0 Å². The summed E-state index contributed by atoms with van der Waals surface area (Å²) in [6.45, 7) is 1.92. The molecule has 1 unspecified atom stereocenters. The van der Waals surface area contributed by atoms with Gasteiger partial charge in [0.25, 0.3) is 0 Å². The second-order valence-electron chi connectivity index (χ2n) is 4.92. The first-order valence-electron chi connectivity index (χ1n) is 6.36. The molecule has 0 spiro atoms. The third-order valence-corrected chi connectivity index (χ3v) is 3.50. The topological polar surface area (TPSA) is 26.0 Å². The largest absolute Gasteiger partial charge is 0.324 e. The Labute approximate surface area is 103 Å². The van der Waals surface area contributed by atoms with E-state index in [0.29, 0.717) is 0 Å².